The molecule has 0 N–H and O–H groups in total. The molecule has 1 aliphatic heterocycles. The number of amides is 2. The standard InChI is InChI=1S/C25H18N2O8/c1-15-12-13-18(27(32)33)14-19(15)26-22(28)20(34-24(30)16-8-4-2-5-9-16)21(23(26)29)35-25(31)17-10-6-3-7-11-17/h2-14,20-21H,1H3/t20-,21-/m0/s1. The third kappa shape index (κ3) is 4.62. The number of hydrogen-bond acceptors (Lipinski definition) is 8. The summed E-state index contributed by atoms with van der Waals surface area (Å²) >= 11 is 0. The van der Waals surface area contributed by atoms with Gasteiger partial charge in [0.2, 0.25) is 12.2 Å². The average Bonchev–Trinajstić information content (AvgIpc) is 3.09. The number of hydrogen-bond donors (Lipinski definition) is 0. The Morgan fingerprint density at radius 1 is 0.800 bits per heavy atom. The molecule has 10 heteroatoms. The van der Waals surface area contributed by atoms with Crippen molar-refractivity contribution in [3.8, 4) is 0 Å². The van der Waals surface area contributed by atoms with Crippen LogP contribution in [0, 0.1) is 17.0 Å². The van der Waals surface area contributed by atoms with Crippen molar-refractivity contribution in [1.29, 1.82) is 0 Å². The number of aryl methyl sites for hydroxylation is 1. The highest BCUT2D eigenvalue weighted by Gasteiger charge is 2.54. The second-order valence-corrected chi connectivity index (χ2v) is 7.62. The molecule has 0 radical (unpaired) electrons. The first-order valence-electron chi connectivity index (χ1n) is 10.4. The monoisotopic (exact) mass is 474 g/mol. The molecule has 0 aliphatic carbocycles. The molecule has 3 aromatic rings. The quantitative estimate of drug-likeness (QED) is 0.230. The third-order valence-corrected chi connectivity index (χ3v) is 5.33. The van der Waals surface area contributed by atoms with E-state index in [0.29, 0.717) is 10.5 Å². The van der Waals surface area contributed by atoms with Crippen molar-refractivity contribution >= 4 is 35.1 Å². The largest absolute Gasteiger partial charge is 0.444 e. The molecule has 3 aromatic carbocycles. The van der Waals surface area contributed by atoms with Crippen LogP contribution in [0.25, 0.3) is 0 Å². The van der Waals surface area contributed by atoms with Gasteiger partial charge in [-0.15, -0.1) is 0 Å². The summed E-state index contributed by atoms with van der Waals surface area (Å²) in [6.07, 6.45) is -3.58. The highest BCUT2D eigenvalue weighted by molar-refractivity contribution is 6.25. The number of esters is 2. The number of anilines is 1. The SMILES string of the molecule is Cc1ccc([N+](=O)[O-])cc1N1C(=O)[C@@H](OC(=O)c2ccccc2)[C@H](OC(=O)c2ccccc2)C1=O. The van der Waals surface area contributed by atoms with E-state index in [-0.39, 0.29) is 22.5 Å². The molecule has 35 heavy (non-hydrogen) atoms. The molecule has 0 saturated carbocycles. The van der Waals surface area contributed by atoms with Gasteiger partial charge in [0.25, 0.3) is 17.5 Å². The molecule has 4 rings (SSSR count). The van der Waals surface area contributed by atoms with Gasteiger partial charge in [0, 0.05) is 12.1 Å². The molecule has 0 bridgehead atoms. The van der Waals surface area contributed by atoms with Crippen LogP contribution in [0.1, 0.15) is 26.3 Å². The van der Waals surface area contributed by atoms with Gasteiger partial charge in [-0.25, -0.2) is 14.5 Å². The van der Waals surface area contributed by atoms with Crippen molar-refractivity contribution in [1.82, 2.24) is 0 Å². The van der Waals surface area contributed by atoms with Crippen molar-refractivity contribution in [3.05, 3.63) is 106 Å². The smallest absolute Gasteiger partial charge is 0.339 e. The Labute approximate surface area is 198 Å². The molecule has 2 amide bonds. The number of carbonyl (C=O) groups excluding carboxylic acids is 4. The highest BCUT2D eigenvalue weighted by atomic mass is 16.6. The number of carbonyl (C=O) groups is 4. The van der Waals surface area contributed by atoms with Gasteiger partial charge in [-0.1, -0.05) is 42.5 Å². The van der Waals surface area contributed by atoms with Gasteiger partial charge in [-0.3, -0.25) is 19.7 Å². The molecule has 1 fully saturated rings. The molecule has 1 saturated heterocycles. The second kappa shape index (κ2) is 9.56. The summed E-state index contributed by atoms with van der Waals surface area (Å²) < 4.78 is 10.7. The molecular weight excluding hydrogens is 456 g/mol. The predicted octanol–water partition coefficient (Wildman–Crippen LogP) is 3.23. The number of nitro groups is 1. The van der Waals surface area contributed by atoms with Crippen LogP contribution in [-0.2, 0) is 19.1 Å². The van der Waals surface area contributed by atoms with Crippen LogP contribution in [0.3, 0.4) is 0 Å². The fourth-order valence-electron chi connectivity index (χ4n) is 3.55. The fraction of sp³-hybridized carbons (Fsp3) is 0.120. The van der Waals surface area contributed by atoms with Crippen LogP contribution in [0.15, 0.2) is 78.9 Å². The number of nitrogens with zero attached hydrogens (tertiary/aromatic N) is 2. The maximum Gasteiger partial charge on any atom is 0.339 e. The lowest BCUT2D eigenvalue weighted by Gasteiger charge is -2.16. The summed E-state index contributed by atoms with van der Waals surface area (Å²) in [6.45, 7) is 1.55. The molecule has 1 heterocycles. The van der Waals surface area contributed by atoms with Gasteiger partial charge in [-0.05, 0) is 36.8 Å². The summed E-state index contributed by atoms with van der Waals surface area (Å²) in [5.74, 6) is -3.80. The number of imide groups is 1. The van der Waals surface area contributed by atoms with Crippen molar-refractivity contribution in [2.45, 2.75) is 19.1 Å². The lowest BCUT2D eigenvalue weighted by atomic mass is 10.1. The van der Waals surface area contributed by atoms with Crippen molar-refractivity contribution in [2.75, 3.05) is 4.90 Å². The lowest BCUT2D eigenvalue weighted by Crippen LogP contribution is -2.37. The predicted molar refractivity (Wildman–Crippen MR) is 122 cm³/mol. The summed E-state index contributed by atoms with van der Waals surface area (Å²) in [5.41, 5.74) is 0.180. The van der Waals surface area contributed by atoms with Crippen LogP contribution < -0.4 is 4.90 Å². The molecule has 1 aliphatic rings. The van der Waals surface area contributed by atoms with Gasteiger partial charge in [-0.2, -0.15) is 0 Å². The summed E-state index contributed by atoms with van der Waals surface area (Å²) in [4.78, 5) is 63.2. The van der Waals surface area contributed by atoms with Gasteiger partial charge >= 0.3 is 11.9 Å². The van der Waals surface area contributed by atoms with Crippen molar-refractivity contribution in [2.24, 2.45) is 0 Å². The molecule has 10 nitrogen and oxygen atoms in total. The minimum atomic E-state index is -1.79. The Morgan fingerprint density at radius 2 is 1.26 bits per heavy atom. The van der Waals surface area contributed by atoms with E-state index < -0.39 is 40.9 Å². The van der Waals surface area contributed by atoms with E-state index in [1.54, 1.807) is 43.3 Å². The Bertz CT molecular complexity index is 1250. The van der Waals surface area contributed by atoms with Crippen LogP contribution in [0.5, 0.6) is 0 Å². The Hall–Kier alpha value is -4.86. The Kier molecular flexibility index (Phi) is 6.36. The van der Waals surface area contributed by atoms with Crippen LogP contribution >= 0.6 is 0 Å². The zero-order valence-corrected chi connectivity index (χ0v) is 18.3. The molecule has 0 spiro atoms. The van der Waals surface area contributed by atoms with Crippen molar-refractivity contribution < 1.29 is 33.6 Å². The number of benzene rings is 3. The first-order valence-corrected chi connectivity index (χ1v) is 10.4. The average molecular weight is 474 g/mol. The van der Waals surface area contributed by atoms with Crippen molar-refractivity contribution in [3.63, 3.8) is 0 Å². The first-order chi connectivity index (χ1) is 16.8. The van der Waals surface area contributed by atoms with E-state index in [9.17, 15) is 29.3 Å². The van der Waals surface area contributed by atoms with Gasteiger partial charge in [0.15, 0.2) is 0 Å². The number of rotatable bonds is 6. The number of non-ortho nitro benzene ring substituents is 1. The lowest BCUT2D eigenvalue weighted by molar-refractivity contribution is -0.384. The Balaban J connectivity index is 1.71. The van der Waals surface area contributed by atoms with E-state index in [1.165, 1.54) is 36.4 Å². The van der Waals surface area contributed by atoms with Gasteiger partial charge in [0.05, 0.1) is 21.7 Å². The van der Waals surface area contributed by atoms with E-state index in [1.807, 2.05) is 0 Å². The van der Waals surface area contributed by atoms with E-state index in [2.05, 4.69) is 0 Å². The Morgan fingerprint density at radius 3 is 1.69 bits per heavy atom. The normalized spacial score (nSPS) is 17.2. The second-order valence-electron chi connectivity index (χ2n) is 7.62. The molecule has 0 unspecified atom stereocenters. The van der Waals surface area contributed by atoms with Crippen LogP contribution in [-0.4, -0.2) is 40.9 Å². The maximum absolute atomic E-state index is 13.3. The third-order valence-electron chi connectivity index (χ3n) is 5.33. The fourth-order valence-corrected chi connectivity index (χ4v) is 3.55. The first kappa shape index (κ1) is 23.3. The number of ether oxygens (including phenoxy) is 2. The molecular formula is C25H18N2O8. The summed E-state index contributed by atoms with van der Waals surface area (Å²) in [7, 11) is 0. The van der Waals surface area contributed by atoms with Gasteiger partial charge in [0.1, 0.15) is 0 Å². The van der Waals surface area contributed by atoms with Gasteiger partial charge < -0.3 is 9.47 Å². The highest BCUT2D eigenvalue weighted by Crippen LogP contribution is 2.32. The minimum absolute atomic E-state index is 0.0757. The maximum atomic E-state index is 13.3. The zero-order valence-electron chi connectivity index (χ0n) is 18.3. The van der Waals surface area contributed by atoms with Crippen LogP contribution in [0.4, 0.5) is 11.4 Å². The van der Waals surface area contributed by atoms with E-state index >= 15 is 0 Å². The molecule has 176 valence electrons. The summed E-state index contributed by atoms with van der Waals surface area (Å²) in [6, 6.07) is 19.2. The molecule has 0 aromatic heterocycles. The molecule has 2 atom stereocenters. The topological polar surface area (TPSA) is 133 Å². The summed E-state index contributed by atoms with van der Waals surface area (Å²) in [5, 5.41) is 11.3. The number of nitro benzene ring substituents is 1. The van der Waals surface area contributed by atoms with Crippen LogP contribution in [0.2, 0.25) is 0 Å². The minimum Gasteiger partial charge on any atom is -0.444 e. The van der Waals surface area contributed by atoms with E-state index in [0.717, 1.165) is 6.07 Å². The van der Waals surface area contributed by atoms with E-state index in [4.69, 9.17) is 9.47 Å². The zero-order chi connectivity index (χ0) is 25.1.